The molecule has 2 aliphatic heterocycles. The fourth-order valence-electron chi connectivity index (χ4n) is 6.40. The minimum atomic E-state index is -4.27. The summed E-state index contributed by atoms with van der Waals surface area (Å²) < 4.78 is 77.0. The van der Waals surface area contributed by atoms with E-state index in [1.54, 1.807) is 18.3 Å². The Morgan fingerprint density at radius 3 is 2.57 bits per heavy atom. The first kappa shape index (κ1) is 31.1. The van der Waals surface area contributed by atoms with Crippen LogP contribution in [0.15, 0.2) is 30.5 Å². The van der Waals surface area contributed by atoms with E-state index in [1.165, 1.54) is 30.0 Å². The predicted octanol–water partition coefficient (Wildman–Crippen LogP) is 4.23. The molecule has 1 aromatic heterocycles. The molecule has 1 aromatic carbocycles. The van der Waals surface area contributed by atoms with Gasteiger partial charge in [-0.25, -0.2) is 9.11 Å². The summed E-state index contributed by atoms with van der Waals surface area (Å²) in [5, 5.41) is 0. The molecule has 1 N–H and O–H groups in total. The number of rotatable bonds is 14. The van der Waals surface area contributed by atoms with Crippen LogP contribution in [0.5, 0.6) is 11.5 Å². The highest BCUT2D eigenvalue weighted by Gasteiger charge is 2.50. The number of carbonyl (C=O) groups excluding carboxylic acids is 1. The summed E-state index contributed by atoms with van der Waals surface area (Å²) in [4.78, 5) is 19.6. The zero-order valence-electron chi connectivity index (χ0n) is 24.9. The topological polar surface area (TPSA) is 110 Å². The lowest BCUT2D eigenvalue weighted by atomic mass is 10.1. The highest BCUT2D eigenvalue weighted by Crippen LogP contribution is 2.41. The number of nitrogens with zero attached hydrogens (tertiary/aromatic N) is 3. The van der Waals surface area contributed by atoms with E-state index in [0.717, 1.165) is 31.8 Å². The summed E-state index contributed by atoms with van der Waals surface area (Å²) in [6.45, 7) is 6.34. The molecule has 4 atom stereocenters. The number of ether oxygens (including phenoxy) is 3. The molecule has 4 fully saturated rings. The van der Waals surface area contributed by atoms with Crippen LogP contribution >= 0.6 is 0 Å². The van der Waals surface area contributed by atoms with Crippen LogP contribution in [0.4, 0.5) is 8.78 Å². The van der Waals surface area contributed by atoms with E-state index in [-0.39, 0.29) is 24.6 Å². The number of halogens is 2. The van der Waals surface area contributed by atoms with Crippen LogP contribution in [-0.4, -0.2) is 80.1 Å². The lowest BCUT2D eigenvalue weighted by Gasteiger charge is -2.31. The molecule has 2 saturated heterocycles. The van der Waals surface area contributed by atoms with Gasteiger partial charge in [0.2, 0.25) is 5.82 Å². The average Bonchev–Trinajstić information content (AvgIpc) is 3.34. The molecular formula is C31H40F2N4O6S. The summed E-state index contributed by atoms with van der Waals surface area (Å²) in [5.74, 6) is -3.27. The molecule has 0 spiro atoms. The molecule has 44 heavy (non-hydrogen) atoms. The van der Waals surface area contributed by atoms with Gasteiger partial charge in [-0.15, -0.1) is 0 Å². The minimum absolute atomic E-state index is 0.0235. The Hall–Kier alpha value is -2.87. The third kappa shape index (κ3) is 7.00. The Morgan fingerprint density at radius 2 is 1.91 bits per heavy atom. The van der Waals surface area contributed by atoms with Crippen molar-refractivity contribution >= 4 is 16.1 Å². The second-order valence-corrected chi connectivity index (χ2v) is 13.9. The molecule has 3 unspecified atom stereocenters. The van der Waals surface area contributed by atoms with Gasteiger partial charge in [0, 0.05) is 25.0 Å². The van der Waals surface area contributed by atoms with Gasteiger partial charge in [0.05, 0.1) is 36.8 Å². The Bertz CT molecular complexity index is 1440. The van der Waals surface area contributed by atoms with Crippen LogP contribution in [0.1, 0.15) is 74.0 Å². The molecule has 2 saturated carbocycles. The van der Waals surface area contributed by atoms with Gasteiger partial charge in [-0.1, -0.05) is 6.92 Å². The number of hydrogen-bond acceptors (Lipinski definition) is 8. The van der Waals surface area contributed by atoms with Crippen molar-refractivity contribution < 1.29 is 36.2 Å². The lowest BCUT2D eigenvalue weighted by molar-refractivity contribution is 0.00326. The Morgan fingerprint density at radius 1 is 1.11 bits per heavy atom. The van der Waals surface area contributed by atoms with Gasteiger partial charge in [0.1, 0.15) is 11.9 Å². The predicted molar refractivity (Wildman–Crippen MR) is 157 cm³/mol. The standard InChI is InChI=1S/C31H40F2N4O6S/c1-2-26(25-9-7-23(17-34-25)42-19-20-5-6-20)43-27-10-8-24(29(32)30(27)33)31(38)35-44(39,40)37-18-21-15-22(37)16-28(21)41-14-13-36-11-3-4-12-36/h7-10,17,20-22,26,28H,2-6,11-16,18-19H2,1H3,(H,35,38)/t21?,22?,26-,28?/m1/s1. The summed E-state index contributed by atoms with van der Waals surface area (Å²) in [6, 6.07) is 5.31. The highest BCUT2D eigenvalue weighted by atomic mass is 32.2. The number of fused-ring (bicyclic) bond motifs is 2. The van der Waals surface area contributed by atoms with Gasteiger partial charge >= 0.3 is 10.2 Å². The maximum Gasteiger partial charge on any atom is 0.304 e. The molecule has 3 heterocycles. The molecule has 10 nitrogen and oxygen atoms in total. The van der Waals surface area contributed by atoms with E-state index in [1.807, 2.05) is 11.6 Å². The number of hydrogen-bond donors (Lipinski definition) is 1. The third-order valence-corrected chi connectivity index (χ3v) is 10.6. The Balaban J connectivity index is 1.03. The van der Waals surface area contributed by atoms with Crippen molar-refractivity contribution in [3.05, 3.63) is 53.4 Å². The van der Waals surface area contributed by atoms with Crippen molar-refractivity contribution in [2.75, 3.05) is 39.4 Å². The van der Waals surface area contributed by atoms with Gasteiger partial charge in [-0.3, -0.25) is 9.78 Å². The smallest absolute Gasteiger partial charge is 0.304 e. The Labute approximate surface area is 257 Å². The molecule has 2 aromatic rings. The number of aromatic nitrogens is 1. The third-order valence-electron chi connectivity index (χ3n) is 9.10. The number of pyridine rings is 1. The number of piperidine rings is 1. The van der Waals surface area contributed by atoms with Crippen LogP contribution in [-0.2, 0) is 14.9 Å². The Kier molecular flexibility index (Phi) is 9.36. The fraction of sp³-hybridized carbons (Fsp3) is 0.613. The summed E-state index contributed by atoms with van der Waals surface area (Å²) >= 11 is 0. The van der Waals surface area contributed by atoms with Crippen LogP contribution < -0.4 is 14.2 Å². The van der Waals surface area contributed by atoms with E-state index in [9.17, 15) is 13.2 Å². The van der Waals surface area contributed by atoms with Crippen LogP contribution in [0.2, 0.25) is 0 Å². The number of nitrogens with one attached hydrogen (secondary N) is 1. The van der Waals surface area contributed by atoms with Crippen molar-refractivity contribution in [3.8, 4) is 11.5 Å². The normalized spacial score (nSPS) is 24.5. The number of carbonyl (C=O) groups is 1. The number of benzene rings is 1. The van der Waals surface area contributed by atoms with Gasteiger partial charge in [0.25, 0.3) is 5.91 Å². The molecule has 6 rings (SSSR count). The highest BCUT2D eigenvalue weighted by molar-refractivity contribution is 7.87. The maximum atomic E-state index is 15.1. The zero-order chi connectivity index (χ0) is 30.8. The lowest BCUT2D eigenvalue weighted by Crippen LogP contribution is -2.49. The molecule has 13 heteroatoms. The molecular weight excluding hydrogens is 594 g/mol. The van der Waals surface area contributed by atoms with Crippen molar-refractivity contribution in [1.29, 1.82) is 0 Å². The molecule has 4 aliphatic rings. The van der Waals surface area contributed by atoms with Crippen LogP contribution in [0.3, 0.4) is 0 Å². The molecule has 240 valence electrons. The first-order valence-corrected chi connectivity index (χ1v) is 17.1. The van der Waals surface area contributed by atoms with E-state index in [0.29, 0.717) is 49.8 Å². The monoisotopic (exact) mass is 634 g/mol. The molecule has 2 aliphatic carbocycles. The SMILES string of the molecule is CC[C@@H](Oc1ccc(C(=O)NS(=O)(=O)N2CC3CC2CC3OCCN2CCCC2)c(F)c1F)c1ccc(OCC2CC2)cn1. The summed E-state index contributed by atoms with van der Waals surface area (Å²) in [7, 11) is -4.27. The van der Waals surface area contributed by atoms with Crippen molar-refractivity contribution in [2.24, 2.45) is 11.8 Å². The largest absolute Gasteiger partial charge is 0.492 e. The average molecular weight is 635 g/mol. The van der Waals surface area contributed by atoms with Crippen molar-refractivity contribution in [3.63, 3.8) is 0 Å². The number of amides is 1. The minimum Gasteiger partial charge on any atom is -0.492 e. The molecule has 0 radical (unpaired) electrons. The van der Waals surface area contributed by atoms with Crippen LogP contribution in [0, 0.1) is 23.5 Å². The van der Waals surface area contributed by atoms with Crippen LogP contribution in [0.25, 0.3) is 0 Å². The van der Waals surface area contributed by atoms with E-state index in [4.69, 9.17) is 14.2 Å². The number of likely N-dealkylation sites (tertiary alicyclic amines) is 1. The fourth-order valence-corrected chi connectivity index (χ4v) is 7.82. The second-order valence-electron chi connectivity index (χ2n) is 12.3. The van der Waals surface area contributed by atoms with E-state index in [2.05, 4.69) is 9.88 Å². The quantitative estimate of drug-likeness (QED) is 0.329. The summed E-state index contributed by atoms with van der Waals surface area (Å²) in [6.07, 6.45) is 7.23. The van der Waals surface area contributed by atoms with E-state index < -0.39 is 45.2 Å². The van der Waals surface area contributed by atoms with E-state index >= 15 is 8.78 Å². The van der Waals surface area contributed by atoms with Gasteiger partial charge < -0.3 is 19.1 Å². The zero-order valence-corrected chi connectivity index (χ0v) is 25.7. The van der Waals surface area contributed by atoms with Gasteiger partial charge in [0.15, 0.2) is 11.6 Å². The molecule has 2 bridgehead atoms. The van der Waals surface area contributed by atoms with Gasteiger partial charge in [-0.2, -0.15) is 17.1 Å². The maximum absolute atomic E-state index is 15.1. The first-order chi connectivity index (χ1) is 21.2. The first-order valence-electron chi connectivity index (χ1n) is 15.6. The van der Waals surface area contributed by atoms with Crippen molar-refractivity contribution in [2.45, 2.75) is 70.1 Å². The second kappa shape index (κ2) is 13.2. The summed E-state index contributed by atoms with van der Waals surface area (Å²) in [5.41, 5.74) is -0.215. The van der Waals surface area contributed by atoms with Crippen molar-refractivity contribution in [1.82, 2.24) is 18.9 Å². The van der Waals surface area contributed by atoms with Gasteiger partial charge in [-0.05, 0) is 88.2 Å². The molecule has 1 amide bonds.